The Hall–Kier alpha value is -3.60. The van der Waals surface area contributed by atoms with Gasteiger partial charge in [0.1, 0.15) is 11.3 Å². The van der Waals surface area contributed by atoms with E-state index in [4.69, 9.17) is 9.47 Å². The molecular weight excluding hydrogens is 354 g/mol. The van der Waals surface area contributed by atoms with Crippen LogP contribution in [0.5, 0.6) is 0 Å². The van der Waals surface area contributed by atoms with Crippen LogP contribution in [-0.4, -0.2) is 18.5 Å². The van der Waals surface area contributed by atoms with E-state index in [0.29, 0.717) is 5.69 Å². The number of hydrogen-bond acceptors (Lipinski definition) is 5. The average molecular weight is 373 g/mol. The molecule has 1 aliphatic rings. The molecule has 28 heavy (non-hydrogen) atoms. The molecule has 0 radical (unpaired) electrons. The van der Waals surface area contributed by atoms with Crippen LogP contribution < -0.4 is 5.32 Å². The predicted octanol–water partition coefficient (Wildman–Crippen LogP) is 4.37. The lowest BCUT2D eigenvalue weighted by Crippen LogP contribution is -2.16. The fourth-order valence-electron chi connectivity index (χ4n) is 3.27. The zero-order valence-corrected chi connectivity index (χ0v) is 15.3. The third-order valence-corrected chi connectivity index (χ3v) is 4.58. The minimum absolute atomic E-state index is 0.114. The van der Waals surface area contributed by atoms with E-state index in [1.54, 1.807) is 6.92 Å². The normalized spacial score (nSPS) is 16.2. The first-order valence-electron chi connectivity index (χ1n) is 9.10. The second-order valence-electron chi connectivity index (χ2n) is 6.39. The van der Waals surface area contributed by atoms with Crippen molar-refractivity contribution in [2.24, 2.45) is 0 Å². The quantitative estimate of drug-likeness (QED) is 0.673. The summed E-state index contributed by atoms with van der Waals surface area (Å²) in [5.41, 5.74) is 1.71. The highest BCUT2D eigenvalue weighted by Crippen LogP contribution is 2.37. The van der Waals surface area contributed by atoms with Crippen molar-refractivity contribution in [3.8, 4) is 0 Å². The molecule has 3 aromatic carbocycles. The number of fused-ring (bicyclic) bond motifs is 1. The van der Waals surface area contributed by atoms with E-state index in [1.807, 2.05) is 72.8 Å². The van der Waals surface area contributed by atoms with E-state index in [0.717, 1.165) is 16.3 Å². The van der Waals surface area contributed by atoms with Crippen LogP contribution >= 0.6 is 0 Å². The number of carbonyl (C=O) groups is 2. The molecule has 0 saturated carbocycles. The Labute approximate surface area is 162 Å². The molecule has 1 unspecified atom stereocenters. The monoisotopic (exact) mass is 373 g/mol. The zero-order chi connectivity index (χ0) is 19.5. The summed E-state index contributed by atoms with van der Waals surface area (Å²) < 4.78 is 10.8. The maximum Gasteiger partial charge on any atom is 0.356 e. The van der Waals surface area contributed by atoms with Crippen molar-refractivity contribution >= 4 is 28.4 Å². The number of rotatable bonds is 5. The summed E-state index contributed by atoms with van der Waals surface area (Å²) in [5, 5.41) is 5.09. The number of nitrogens with one attached hydrogen (secondary N) is 1. The second kappa shape index (κ2) is 7.56. The molecule has 140 valence electrons. The van der Waals surface area contributed by atoms with Gasteiger partial charge in [-0.2, -0.15) is 0 Å². The Morgan fingerprint density at radius 1 is 1.00 bits per heavy atom. The van der Waals surface area contributed by atoms with Crippen molar-refractivity contribution < 1.29 is 19.1 Å². The number of hydrogen-bond donors (Lipinski definition) is 1. The van der Waals surface area contributed by atoms with Gasteiger partial charge in [0, 0.05) is 5.69 Å². The summed E-state index contributed by atoms with van der Waals surface area (Å²) in [6.45, 7) is 1.94. The van der Waals surface area contributed by atoms with Gasteiger partial charge in [0.15, 0.2) is 6.10 Å². The molecule has 5 nitrogen and oxygen atoms in total. The molecule has 0 spiro atoms. The molecule has 0 aliphatic carbocycles. The van der Waals surface area contributed by atoms with Gasteiger partial charge in [-0.15, -0.1) is 0 Å². The Bertz CT molecular complexity index is 1070. The SMILES string of the molecule is CCOC(=O)C1=C(Nc2ccccc2)C(=O)OC1c1ccc2ccccc2c1. The first kappa shape index (κ1) is 17.8. The van der Waals surface area contributed by atoms with Gasteiger partial charge in [-0.25, -0.2) is 9.59 Å². The summed E-state index contributed by atoms with van der Waals surface area (Å²) in [7, 11) is 0. The summed E-state index contributed by atoms with van der Waals surface area (Å²) in [6, 6.07) is 22.8. The lowest BCUT2D eigenvalue weighted by Gasteiger charge is -2.14. The fraction of sp³-hybridized carbons (Fsp3) is 0.130. The topological polar surface area (TPSA) is 64.6 Å². The maximum absolute atomic E-state index is 12.7. The zero-order valence-electron chi connectivity index (χ0n) is 15.3. The van der Waals surface area contributed by atoms with E-state index in [2.05, 4.69) is 5.32 Å². The van der Waals surface area contributed by atoms with Gasteiger partial charge in [-0.3, -0.25) is 0 Å². The van der Waals surface area contributed by atoms with Gasteiger partial charge < -0.3 is 14.8 Å². The first-order valence-corrected chi connectivity index (χ1v) is 9.10. The van der Waals surface area contributed by atoms with Crippen LogP contribution in [0.25, 0.3) is 10.8 Å². The molecule has 0 saturated heterocycles. The molecular formula is C23H19NO4. The smallest absolute Gasteiger partial charge is 0.356 e. The van der Waals surface area contributed by atoms with Crippen LogP contribution in [0.4, 0.5) is 5.69 Å². The molecule has 1 N–H and O–H groups in total. The number of cyclic esters (lactones) is 1. The van der Waals surface area contributed by atoms with E-state index in [9.17, 15) is 9.59 Å². The van der Waals surface area contributed by atoms with Crippen LogP contribution in [0.15, 0.2) is 84.1 Å². The first-order chi connectivity index (χ1) is 13.7. The van der Waals surface area contributed by atoms with E-state index in [1.165, 1.54) is 0 Å². The highest BCUT2D eigenvalue weighted by Gasteiger charge is 2.40. The predicted molar refractivity (Wildman–Crippen MR) is 107 cm³/mol. The minimum Gasteiger partial charge on any atom is -0.462 e. The van der Waals surface area contributed by atoms with Crippen molar-refractivity contribution in [1.82, 2.24) is 0 Å². The number of esters is 2. The number of anilines is 1. The fourth-order valence-corrected chi connectivity index (χ4v) is 3.27. The van der Waals surface area contributed by atoms with E-state index >= 15 is 0 Å². The third kappa shape index (κ3) is 3.34. The Morgan fingerprint density at radius 2 is 1.71 bits per heavy atom. The van der Waals surface area contributed by atoms with Crippen LogP contribution in [-0.2, 0) is 19.1 Å². The van der Waals surface area contributed by atoms with Crippen LogP contribution in [0, 0.1) is 0 Å². The van der Waals surface area contributed by atoms with Crippen molar-refractivity contribution in [3.05, 3.63) is 89.6 Å². The van der Waals surface area contributed by atoms with Gasteiger partial charge in [-0.1, -0.05) is 54.6 Å². The number of carbonyl (C=O) groups excluding carboxylic acids is 2. The molecule has 4 rings (SSSR count). The van der Waals surface area contributed by atoms with Crippen LogP contribution in [0.2, 0.25) is 0 Å². The lowest BCUT2D eigenvalue weighted by molar-refractivity contribution is -0.142. The number of ether oxygens (including phenoxy) is 2. The van der Waals surface area contributed by atoms with Gasteiger partial charge in [0.2, 0.25) is 0 Å². The standard InChI is InChI=1S/C23H19NO4/c1-2-27-22(25)19-20(24-18-10-4-3-5-11-18)23(26)28-21(19)17-13-12-15-8-6-7-9-16(15)14-17/h3-14,21,24H,2H2,1H3. The van der Waals surface area contributed by atoms with Gasteiger partial charge in [0.25, 0.3) is 0 Å². The van der Waals surface area contributed by atoms with Crippen molar-refractivity contribution in [1.29, 1.82) is 0 Å². The maximum atomic E-state index is 12.7. The molecule has 0 bridgehead atoms. The molecule has 1 atom stereocenters. The summed E-state index contributed by atoms with van der Waals surface area (Å²) in [4.78, 5) is 25.3. The third-order valence-electron chi connectivity index (χ3n) is 4.58. The van der Waals surface area contributed by atoms with Gasteiger partial charge in [-0.05, 0) is 41.5 Å². The Morgan fingerprint density at radius 3 is 2.46 bits per heavy atom. The molecule has 5 heteroatoms. The number of benzene rings is 3. The molecule has 1 heterocycles. The second-order valence-corrected chi connectivity index (χ2v) is 6.39. The largest absolute Gasteiger partial charge is 0.462 e. The summed E-state index contributed by atoms with van der Waals surface area (Å²) >= 11 is 0. The van der Waals surface area contributed by atoms with Crippen molar-refractivity contribution in [2.45, 2.75) is 13.0 Å². The molecule has 0 fully saturated rings. The van der Waals surface area contributed by atoms with Gasteiger partial charge in [0.05, 0.1) is 6.61 Å². The van der Waals surface area contributed by atoms with Crippen molar-refractivity contribution in [3.63, 3.8) is 0 Å². The summed E-state index contributed by atoms with van der Waals surface area (Å²) in [5.74, 6) is -1.14. The minimum atomic E-state index is -0.817. The molecule has 0 amide bonds. The lowest BCUT2D eigenvalue weighted by atomic mass is 9.98. The number of para-hydroxylation sites is 1. The van der Waals surface area contributed by atoms with Crippen LogP contribution in [0.1, 0.15) is 18.6 Å². The highest BCUT2D eigenvalue weighted by molar-refractivity contribution is 6.06. The van der Waals surface area contributed by atoms with E-state index < -0.39 is 18.0 Å². The summed E-state index contributed by atoms with van der Waals surface area (Å²) in [6.07, 6.45) is -0.817. The van der Waals surface area contributed by atoms with E-state index in [-0.39, 0.29) is 17.9 Å². The van der Waals surface area contributed by atoms with Crippen molar-refractivity contribution in [2.75, 3.05) is 11.9 Å². The average Bonchev–Trinajstić information content (AvgIpc) is 3.05. The molecule has 3 aromatic rings. The Kier molecular flexibility index (Phi) is 4.81. The van der Waals surface area contributed by atoms with Crippen LogP contribution in [0.3, 0.4) is 0 Å². The Balaban J connectivity index is 1.78. The molecule has 0 aromatic heterocycles. The highest BCUT2D eigenvalue weighted by atomic mass is 16.6. The van der Waals surface area contributed by atoms with Gasteiger partial charge >= 0.3 is 11.9 Å². The molecule has 1 aliphatic heterocycles.